The number of morpholine rings is 1. The standard InChI is InChI=1S/C15H19F2N3O3/c16-11-2-3-13(12(17)10-11)19-15(22)14(21)18-4-1-5-20-6-8-23-9-7-20/h2-3,10H,1,4-9H2,(H,18,21)(H,19,22)/p+1. The monoisotopic (exact) mass is 328 g/mol. The number of ether oxygens (including phenoxy) is 1. The Balaban J connectivity index is 1.69. The molecule has 0 spiro atoms. The van der Waals surface area contributed by atoms with E-state index in [2.05, 4.69) is 10.6 Å². The maximum absolute atomic E-state index is 13.4. The summed E-state index contributed by atoms with van der Waals surface area (Å²) in [7, 11) is 0. The van der Waals surface area contributed by atoms with Crippen LogP contribution in [0.5, 0.6) is 0 Å². The molecule has 2 amide bonds. The van der Waals surface area contributed by atoms with Crippen LogP contribution in [0.3, 0.4) is 0 Å². The lowest BCUT2D eigenvalue weighted by Crippen LogP contribution is -3.14. The number of carbonyl (C=O) groups excluding carboxylic acids is 2. The first-order chi connectivity index (χ1) is 11.1. The van der Waals surface area contributed by atoms with Crippen molar-refractivity contribution in [2.45, 2.75) is 6.42 Å². The van der Waals surface area contributed by atoms with E-state index in [-0.39, 0.29) is 5.69 Å². The van der Waals surface area contributed by atoms with E-state index in [0.29, 0.717) is 12.6 Å². The molecule has 126 valence electrons. The van der Waals surface area contributed by atoms with E-state index in [4.69, 9.17) is 4.74 Å². The summed E-state index contributed by atoms with van der Waals surface area (Å²) in [4.78, 5) is 24.7. The zero-order valence-electron chi connectivity index (χ0n) is 12.7. The second-order valence-electron chi connectivity index (χ2n) is 5.30. The van der Waals surface area contributed by atoms with Crippen molar-refractivity contribution in [3.63, 3.8) is 0 Å². The van der Waals surface area contributed by atoms with Crippen molar-refractivity contribution in [3.05, 3.63) is 29.8 Å². The minimum absolute atomic E-state index is 0.232. The van der Waals surface area contributed by atoms with Gasteiger partial charge in [-0.25, -0.2) is 8.78 Å². The van der Waals surface area contributed by atoms with E-state index >= 15 is 0 Å². The highest BCUT2D eigenvalue weighted by atomic mass is 19.1. The molecular formula is C15H20F2N3O3+. The van der Waals surface area contributed by atoms with Crippen molar-refractivity contribution >= 4 is 17.5 Å². The van der Waals surface area contributed by atoms with Crippen LogP contribution in [0.4, 0.5) is 14.5 Å². The molecule has 3 N–H and O–H groups in total. The molecule has 0 atom stereocenters. The lowest BCUT2D eigenvalue weighted by Gasteiger charge is -2.23. The lowest BCUT2D eigenvalue weighted by atomic mass is 10.3. The maximum atomic E-state index is 13.4. The summed E-state index contributed by atoms with van der Waals surface area (Å²) in [6, 6.07) is 2.71. The van der Waals surface area contributed by atoms with Gasteiger partial charge in [-0.2, -0.15) is 0 Å². The summed E-state index contributed by atoms with van der Waals surface area (Å²) in [5.41, 5.74) is -0.232. The van der Waals surface area contributed by atoms with E-state index in [1.165, 1.54) is 4.90 Å². The molecular weight excluding hydrogens is 308 g/mol. The fourth-order valence-electron chi connectivity index (χ4n) is 2.30. The van der Waals surface area contributed by atoms with Crippen LogP contribution < -0.4 is 15.5 Å². The predicted octanol–water partition coefficient (Wildman–Crippen LogP) is -0.675. The highest BCUT2D eigenvalue weighted by Gasteiger charge is 2.16. The van der Waals surface area contributed by atoms with Crippen LogP contribution >= 0.6 is 0 Å². The van der Waals surface area contributed by atoms with E-state index in [9.17, 15) is 18.4 Å². The molecule has 1 heterocycles. The molecule has 6 nitrogen and oxygen atoms in total. The highest BCUT2D eigenvalue weighted by Crippen LogP contribution is 2.14. The third kappa shape index (κ3) is 5.57. The zero-order chi connectivity index (χ0) is 16.7. The van der Waals surface area contributed by atoms with Crippen LogP contribution in [0.25, 0.3) is 0 Å². The molecule has 1 fully saturated rings. The molecule has 1 saturated heterocycles. The van der Waals surface area contributed by atoms with E-state index in [1.807, 2.05) is 0 Å². The van der Waals surface area contributed by atoms with Gasteiger partial charge in [0.25, 0.3) is 0 Å². The van der Waals surface area contributed by atoms with Crippen molar-refractivity contribution in [2.24, 2.45) is 0 Å². The quantitative estimate of drug-likeness (QED) is 0.496. The van der Waals surface area contributed by atoms with Crippen molar-refractivity contribution in [2.75, 3.05) is 44.7 Å². The summed E-state index contributed by atoms with van der Waals surface area (Å²) < 4.78 is 31.4. The number of benzene rings is 1. The summed E-state index contributed by atoms with van der Waals surface area (Å²) in [5, 5.41) is 4.59. The van der Waals surface area contributed by atoms with Gasteiger partial charge in [0.05, 0.1) is 25.4 Å². The first-order valence-corrected chi connectivity index (χ1v) is 7.52. The molecule has 0 unspecified atom stereocenters. The largest absolute Gasteiger partial charge is 0.370 e. The van der Waals surface area contributed by atoms with Gasteiger partial charge in [-0.1, -0.05) is 0 Å². The summed E-state index contributed by atoms with van der Waals surface area (Å²) >= 11 is 0. The number of hydrogen-bond acceptors (Lipinski definition) is 3. The fourth-order valence-corrected chi connectivity index (χ4v) is 2.30. The molecule has 1 aliphatic rings. The molecule has 0 bridgehead atoms. The van der Waals surface area contributed by atoms with Crippen LogP contribution in [-0.2, 0) is 14.3 Å². The third-order valence-electron chi connectivity index (χ3n) is 3.58. The van der Waals surface area contributed by atoms with Crippen molar-refractivity contribution in [3.8, 4) is 0 Å². The Morgan fingerprint density at radius 1 is 1.17 bits per heavy atom. The first-order valence-electron chi connectivity index (χ1n) is 7.52. The van der Waals surface area contributed by atoms with Gasteiger partial charge in [0, 0.05) is 19.0 Å². The minimum atomic E-state index is -0.978. The Morgan fingerprint density at radius 3 is 2.61 bits per heavy atom. The van der Waals surface area contributed by atoms with Gasteiger partial charge in [0.1, 0.15) is 24.7 Å². The van der Waals surface area contributed by atoms with Crippen LogP contribution in [-0.4, -0.2) is 51.2 Å². The molecule has 0 aromatic heterocycles. The maximum Gasteiger partial charge on any atom is 0.313 e. The molecule has 2 rings (SSSR count). The number of nitrogens with one attached hydrogen (secondary N) is 3. The van der Waals surface area contributed by atoms with Crippen molar-refractivity contribution in [1.82, 2.24) is 5.32 Å². The van der Waals surface area contributed by atoms with Crippen molar-refractivity contribution < 1.29 is 28.0 Å². The molecule has 0 saturated carbocycles. The Hall–Kier alpha value is -2.06. The topological polar surface area (TPSA) is 71.9 Å². The number of halogens is 2. The fraction of sp³-hybridized carbons (Fsp3) is 0.467. The molecule has 8 heteroatoms. The normalized spacial score (nSPS) is 15.2. The molecule has 1 aliphatic heterocycles. The number of quaternary nitrogens is 1. The van der Waals surface area contributed by atoms with E-state index in [1.54, 1.807) is 0 Å². The highest BCUT2D eigenvalue weighted by molar-refractivity contribution is 6.39. The second-order valence-corrected chi connectivity index (χ2v) is 5.30. The zero-order valence-corrected chi connectivity index (χ0v) is 12.7. The van der Waals surface area contributed by atoms with Crippen LogP contribution in [0.2, 0.25) is 0 Å². The average Bonchev–Trinajstić information content (AvgIpc) is 2.55. The molecule has 23 heavy (non-hydrogen) atoms. The van der Waals surface area contributed by atoms with E-state index < -0.39 is 23.4 Å². The van der Waals surface area contributed by atoms with Gasteiger partial charge in [-0.3, -0.25) is 9.59 Å². The Kier molecular flexibility index (Phi) is 6.42. The van der Waals surface area contributed by atoms with Crippen LogP contribution in [0.1, 0.15) is 6.42 Å². The molecule has 1 aromatic carbocycles. The smallest absolute Gasteiger partial charge is 0.313 e. The number of hydrogen-bond donors (Lipinski definition) is 3. The number of carbonyl (C=O) groups is 2. The molecule has 1 aromatic rings. The number of anilines is 1. The van der Waals surface area contributed by atoms with E-state index in [0.717, 1.165) is 51.4 Å². The van der Waals surface area contributed by atoms with Gasteiger partial charge in [0.2, 0.25) is 0 Å². The van der Waals surface area contributed by atoms with Gasteiger partial charge < -0.3 is 20.3 Å². The van der Waals surface area contributed by atoms with Gasteiger partial charge in [-0.15, -0.1) is 0 Å². The summed E-state index contributed by atoms with van der Waals surface area (Å²) in [5.74, 6) is -3.50. The van der Waals surface area contributed by atoms with Gasteiger partial charge in [-0.05, 0) is 12.1 Å². The van der Waals surface area contributed by atoms with Crippen LogP contribution in [0.15, 0.2) is 18.2 Å². The predicted molar refractivity (Wildman–Crippen MR) is 79.0 cm³/mol. The average molecular weight is 328 g/mol. The van der Waals surface area contributed by atoms with Gasteiger partial charge in [0.15, 0.2) is 0 Å². The minimum Gasteiger partial charge on any atom is -0.370 e. The number of rotatable bonds is 5. The Bertz CT molecular complexity index is 563. The Morgan fingerprint density at radius 2 is 1.91 bits per heavy atom. The SMILES string of the molecule is O=C(NCCC[NH+]1CCOCC1)C(=O)Nc1ccc(F)cc1F. The third-order valence-corrected chi connectivity index (χ3v) is 3.58. The molecule has 0 radical (unpaired) electrons. The first kappa shape index (κ1) is 17.3. The lowest BCUT2D eigenvalue weighted by molar-refractivity contribution is -0.908. The van der Waals surface area contributed by atoms with Gasteiger partial charge >= 0.3 is 11.8 Å². The summed E-state index contributed by atoms with van der Waals surface area (Å²) in [6.07, 6.45) is 0.735. The summed E-state index contributed by atoms with van der Waals surface area (Å²) in [6.45, 7) is 4.62. The molecule has 0 aliphatic carbocycles. The van der Waals surface area contributed by atoms with Crippen LogP contribution in [0, 0.1) is 11.6 Å². The number of amides is 2. The van der Waals surface area contributed by atoms with Crippen molar-refractivity contribution in [1.29, 1.82) is 0 Å². The second kappa shape index (κ2) is 8.54. The Labute approximate surface area is 132 Å².